The van der Waals surface area contributed by atoms with Crippen LogP contribution in [0.4, 0.5) is 0 Å². The molecule has 20 heavy (non-hydrogen) atoms. The number of H-pyrrole nitrogens is 1. The van der Waals surface area contributed by atoms with Crippen LogP contribution < -0.4 is 0 Å². The van der Waals surface area contributed by atoms with Crippen LogP contribution in [0.1, 0.15) is 5.82 Å². The summed E-state index contributed by atoms with van der Waals surface area (Å²) in [6, 6.07) is 16.5. The fourth-order valence-electron chi connectivity index (χ4n) is 2.23. The standard InChI is InChI=1S/C16H14N2OS/c1-19-10-15-17-14(9-16(20)18-15)13-7-6-11-4-2-3-5-12(11)8-13/h2-9H,10H2,1H3,(H,17,18,20). The largest absolute Gasteiger partial charge is 0.377 e. The SMILES string of the molecule is COCc1nc(=S)cc(-c2ccc3ccccc3c2)[nH]1. The first-order valence-electron chi connectivity index (χ1n) is 6.34. The molecule has 4 heteroatoms. The summed E-state index contributed by atoms with van der Waals surface area (Å²) < 4.78 is 5.67. The third-order valence-corrected chi connectivity index (χ3v) is 3.34. The van der Waals surface area contributed by atoms with Crippen LogP contribution in [0.15, 0.2) is 48.5 Å². The minimum atomic E-state index is 0.422. The lowest BCUT2D eigenvalue weighted by Gasteiger charge is -2.07. The van der Waals surface area contributed by atoms with Gasteiger partial charge in [0.2, 0.25) is 0 Å². The lowest BCUT2D eigenvalue weighted by atomic mass is 10.1. The number of methoxy groups -OCH3 is 1. The maximum Gasteiger partial charge on any atom is 0.134 e. The van der Waals surface area contributed by atoms with Gasteiger partial charge < -0.3 is 9.72 Å². The number of hydrogen-bond donors (Lipinski definition) is 1. The summed E-state index contributed by atoms with van der Waals surface area (Å²) in [5, 5.41) is 2.43. The van der Waals surface area contributed by atoms with E-state index < -0.39 is 0 Å². The van der Waals surface area contributed by atoms with Gasteiger partial charge in [0.25, 0.3) is 0 Å². The zero-order valence-corrected chi connectivity index (χ0v) is 11.9. The second-order valence-electron chi connectivity index (χ2n) is 4.57. The third kappa shape index (κ3) is 2.61. The van der Waals surface area contributed by atoms with E-state index in [2.05, 4.69) is 40.3 Å². The molecule has 0 radical (unpaired) electrons. The van der Waals surface area contributed by atoms with Crippen LogP contribution >= 0.6 is 12.2 Å². The molecule has 0 unspecified atom stereocenters. The van der Waals surface area contributed by atoms with Crippen molar-refractivity contribution in [1.82, 2.24) is 9.97 Å². The predicted molar refractivity (Wildman–Crippen MR) is 83.1 cm³/mol. The number of aromatic nitrogens is 2. The Bertz CT molecular complexity index is 811. The van der Waals surface area contributed by atoms with Gasteiger partial charge in [-0.1, -0.05) is 48.6 Å². The second kappa shape index (κ2) is 5.53. The van der Waals surface area contributed by atoms with E-state index in [1.807, 2.05) is 18.2 Å². The van der Waals surface area contributed by atoms with Gasteiger partial charge in [0.05, 0.1) is 0 Å². The van der Waals surface area contributed by atoms with Crippen LogP contribution in [0.2, 0.25) is 0 Å². The molecule has 100 valence electrons. The summed E-state index contributed by atoms with van der Waals surface area (Å²) in [5.41, 5.74) is 2.05. The molecule has 1 aromatic heterocycles. The van der Waals surface area contributed by atoms with E-state index in [9.17, 15) is 0 Å². The van der Waals surface area contributed by atoms with Gasteiger partial charge in [0, 0.05) is 12.8 Å². The van der Waals surface area contributed by atoms with Crippen LogP contribution in [0.3, 0.4) is 0 Å². The molecule has 0 bridgehead atoms. The Hall–Kier alpha value is -2.04. The molecule has 2 aromatic carbocycles. The van der Waals surface area contributed by atoms with Crippen molar-refractivity contribution in [3.05, 3.63) is 59.0 Å². The molecular formula is C16H14N2OS. The van der Waals surface area contributed by atoms with Crippen molar-refractivity contribution in [2.75, 3.05) is 7.11 Å². The number of nitrogens with zero attached hydrogens (tertiary/aromatic N) is 1. The molecule has 0 fully saturated rings. The minimum Gasteiger partial charge on any atom is -0.377 e. The first-order valence-corrected chi connectivity index (χ1v) is 6.75. The van der Waals surface area contributed by atoms with Gasteiger partial charge in [0.15, 0.2) is 0 Å². The van der Waals surface area contributed by atoms with E-state index in [0.717, 1.165) is 17.1 Å². The van der Waals surface area contributed by atoms with Crippen molar-refractivity contribution < 1.29 is 4.74 Å². The Balaban J connectivity index is 2.12. The summed E-state index contributed by atoms with van der Waals surface area (Å²) in [7, 11) is 1.64. The number of aromatic amines is 1. The molecule has 0 aliphatic carbocycles. The molecule has 1 heterocycles. The quantitative estimate of drug-likeness (QED) is 0.735. The molecule has 0 saturated heterocycles. The highest BCUT2D eigenvalue weighted by Crippen LogP contribution is 2.23. The molecule has 0 saturated carbocycles. The molecule has 0 aliphatic rings. The van der Waals surface area contributed by atoms with E-state index in [1.165, 1.54) is 10.8 Å². The van der Waals surface area contributed by atoms with Gasteiger partial charge in [-0.15, -0.1) is 0 Å². The van der Waals surface area contributed by atoms with Crippen LogP contribution in [0.25, 0.3) is 22.0 Å². The average molecular weight is 282 g/mol. The fourth-order valence-corrected chi connectivity index (χ4v) is 2.45. The molecule has 0 atom stereocenters. The zero-order valence-electron chi connectivity index (χ0n) is 11.1. The van der Waals surface area contributed by atoms with Crippen molar-refractivity contribution in [2.45, 2.75) is 6.61 Å². The first-order chi connectivity index (χ1) is 9.76. The fraction of sp³-hybridized carbons (Fsp3) is 0.125. The van der Waals surface area contributed by atoms with E-state index in [4.69, 9.17) is 17.0 Å². The van der Waals surface area contributed by atoms with Gasteiger partial charge >= 0.3 is 0 Å². The smallest absolute Gasteiger partial charge is 0.134 e. The maximum atomic E-state index is 5.21. The van der Waals surface area contributed by atoms with Crippen LogP contribution in [-0.4, -0.2) is 17.1 Å². The highest BCUT2D eigenvalue weighted by Gasteiger charge is 2.03. The van der Waals surface area contributed by atoms with Gasteiger partial charge in [-0.3, -0.25) is 0 Å². The number of benzene rings is 2. The number of hydrogen-bond acceptors (Lipinski definition) is 3. The monoisotopic (exact) mass is 282 g/mol. The number of fused-ring (bicyclic) bond motifs is 1. The van der Waals surface area contributed by atoms with Gasteiger partial charge in [0.1, 0.15) is 17.1 Å². The normalized spacial score (nSPS) is 10.8. The Morgan fingerprint density at radius 3 is 2.70 bits per heavy atom. The summed E-state index contributed by atoms with van der Waals surface area (Å²) >= 11 is 5.21. The van der Waals surface area contributed by atoms with Crippen LogP contribution in [-0.2, 0) is 11.3 Å². The lowest BCUT2D eigenvalue weighted by molar-refractivity contribution is 0.177. The van der Waals surface area contributed by atoms with Crippen molar-refractivity contribution in [2.24, 2.45) is 0 Å². The Morgan fingerprint density at radius 2 is 1.90 bits per heavy atom. The number of ether oxygens (including phenoxy) is 1. The molecular weight excluding hydrogens is 268 g/mol. The van der Waals surface area contributed by atoms with E-state index in [-0.39, 0.29) is 0 Å². The number of rotatable bonds is 3. The minimum absolute atomic E-state index is 0.422. The van der Waals surface area contributed by atoms with E-state index >= 15 is 0 Å². The average Bonchev–Trinajstić information content (AvgIpc) is 2.46. The molecule has 3 rings (SSSR count). The van der Waals surface area contributed by atoms with Crippen molar-refractivity contribution in [1.29, 1.82) is 0 Å². The molecule has 3 aromatic rings. The lowest BCUT2D eigenvalue weighted by Crippen LogP contribution is -1.98. The van der Waals surface area contributed by atoms with Gasteiger partial charge in [-0.2, -0.15) is 0 Å². The molecule has 0 aliphatic heterocycles. The first kappa shape index (κ1) is 13.0. The molecule has 1 N–H and O–H groups in total. The second-order valence-corrected chi connectivity index (χ2v) is 4.99. The number of nitrogens with one attached hydrogen (secondary N) is 1. The Kier molecular flexibility index (Phi) is 3.58. The zero-order chi connectivity index (χ0) is 13.9. The van der Waals surface area contributed by atoms with E-state index in [1.54, 1.807) is 7.11 Å². The van der Waals surface area contributed by atoms with Gasteiger partial charge in [-0.25, -0.2) is 4.98 Å². The molecule has 0 amide bonds. The third-order valence-electron chi connectivity index (χ3n) is 3.13. The van der Waals surface area contributed by atoms with Crippen molar-refractivity contribution in [3.8, 4) is 11.3 Å². The summed E-state index contributed by atoms with van der Waals surface area (Å²) in [6.07, 6.45) is 0. The maximum absolute atomic E-state index is 5.21. The summed E-state index contributed by atoms with van der Waals surface area (Å²) in [5.74, 6) is 0.739. The summed E-state index contributed by atoms with van der Waals surface area (Å²) in [6.45, 7) is 0.422. The Labute approximate surface area is 122 Å². The van der Waals surface area contributed by atoms with Crippen molar-refractivity contribution >= 4 is 23.0 Å². The van der Waals surface area contributed by atoms with Crippen molar-refractivity contribution in [3.63, 3.8) is 0 Å². The Morgan fingerprint density at radius 1 is 1.10 bits per heavy atom. The highest BCUT2D eigenvalue weighted by molar-refractivity contribution is 7.71. The molecule has 3 nitrogen and oxygen atoms in total. The topological polar surface area (TPSA) is 37.9 Å². The van der Waals surface area contributed by atoms with E-state index in [0.29, 0.717) is 11.2 Å². The van der Waals surface area contributed by atoms with Crippen LogP contribution in [0.5, 0.6) is 0 Å². The predicted octanol–water partition coefficient (Wildman–Crippen LogP) is 4.11. The molecule has 0 spiro atoms. The van der Waals surface area contributed by atoms with Crippen LogP contribution in [0, 0.1) is 4.64 Å². The van der Waals surface area contributed by atoms with Gasteiger partial charge in [-0.05, 0) is 28.5 Å². The highest BCUT2D eigenvalue weighted by atomic mass is 32.1. The summed E-state index contributed by atoms with van der Waals surface area (Å²) in [4.78, 5) is 7.51.